The largest absolute Gasteiger partial charge is 0.396 e. The van der Waals surface area contributed by atoms with Gasteiger partial charge >= 0.3 is 0 Å². The number of nitrogens with one attached hydrogen (secondary N) is 1. The number of thiophene rings is 1. The molecule has 0 aliphatic rings. The molecule has 16 heavy (non-hydrogen) atoms. The molecule has 1 rings (SSSR count). The van der Waals surface area contributed by atoms with Gasteiger partial charge in [0, 0.05) is 33.4 Å². The van der Waals surface area contributed by atoms with E-state index in [0.29, 0.717) is 12.0 Å². The third-order valence-electron chi connectivity index (χ3n) is 2.69. The minimum atomic E-state index is 0.253. The maximum Gasteiger partial charge on any atom is 0.0445 e. The van der Waals surface area contributed by atoms with Crippen LogP contribution in [0.4, 0.5) is 0 Å². The summed E-state index contributed by atoms with van der Waals surface area (Å²) >= 11 is 5.34. The van der Waals surface area contributed by atoms with E-state index >= 15 is 0 Å². The SMILES string of the molecule is Cc1sc(CNC(CCO)C(C)C)cc1Br. The van der Waals surface area contributed by atoms with Gasteiger partial charge in [0.1, 0.15) is 0 Å². The first-order valence-corrected chi connectivity index (χ1v) is 7.24. The number of aliphatic hydroxyl groups is 1. The van der Waals surface area contributed by atoms with Crippen molar-refractivity contribution in [1.82, 2.24) is 5.32 Å². The van der Waals surface area contributed by atoms with Crippen molar-refractivity contribution in [2.24, 2.45) is 5.92 Å². The highest BCUT2D eigenvalue weighted by atomic mass is 79.9. The Balaban J connectivity index is 2.48. The second kappa shape index (κ2) is 6.74. The first-order valence-electron chi connectivity index (χ1n) is 5.63. The van der Waals surface area contributed by atoms with E-state index in [1.54, 1.807) is 0 Å². The summed E-state index contributed by atoms with van der Waals surface area (Å²) < 4.78 is 1.19. The molecule has 4 heteroatoms. The first kappa shape index (κ1) is 14.2. The summed E-state index contributed by atoms with van der Waals surface area (Å²) in [7, 11) is 0. The fraction of sp³-hybridized carbons (Fsp3) is 0.667. The maximum atomic E-state index is 8.99. The van der Waals surface area contributed by atoms with Crippen LogP contribution in [0.25, 0.3) is 0 Å². The quantitative estimate of drug-likeness (QED) is 0.845. The number of halogens is 1. The van der Waals surface area contributed by atoms with Crippen molar-refractivity contribution in [1.29, 1.82) is 0 Å². The summed E-state index contributed by atoms with van der Waals surface area (Å²) in [5.74, 6) is 0.552. The lowest BCUT2D eigenvalue weighted by Gasteiger charge is -2.21. The third kappa shape index (κ3) is 4.17. The molecule has 0 amide bonds. The number of hydrogen-bond donors (Lipinski definition) is 2. The number of aryl methyl sites for hydroxylation is 1. The lowest BCUT2D eigenvalue weighted by molar-refractivity contribution is 0.244. The molecule has 92 valence electrons. The van der Waals surface area contributed by atoms with Crippen molar-refractivity contribution < 1.29 is 5.11 Å². The molecule has 1 aromatic rings. The molecule has 0 bridgehead atoms. The average Bonchev–Trinajstić information content (AvgIpc) is 2.53. The van der Waals surface area contributed by atoms with E-state index in [0.717, 1.165) is 13.0 Å². The normalized spacial score (nSPS) is 13.4. The molecule has 1 aromatic heterocycles. The molecule has 2 N–H and O–H groups in total. The molecule has 2 nitrogen and oxygen atoms in total. The third-order valence-corrected chi connectivity index (χ3v) is 4.83. The van der Waals surface area contributed by atoms with Crippen molar-refractivity contribution in [2.45, 2.75) is 39.8 Å². The van der Waals surface area contributed by atoms with Gasteiger partial charge < -0.3 is 10.4 Å². The van der Waals surface area contributed by atoms with Gasteiger partial charge in [-0.25, -0.2) is 0 Å². The molecule has 0 aliphatic carbocycles. The summed E-state index contributed by atoms with van der Waals surface area (Å²) in [6, 6.07) is 2.56. The topological polar surface area (TPSA) is 32.3 Å². The van der Waals surface area contributed by atoms with E-state index in [4.69, 9.17) is 5.11 Å². The number of rotatable bonds is 6. The Morgan fingerprint density at radius 1 is 1.50 bits per heavy atom. The summed E-state index contributed by atoms with van der Waals surface area (Å²) in [4.78, 5) is 2.66. The highest BCUT2D eigenvalue weighted by Gasteiger charge is 2.12. The van der Waals surface area contributed by atoms with E-state index in [9.17, 15) is 0 Å². The van der Waals surface area contributed by atoms with Crippen molar-refractivity contribution in [3.8, 4) is 0 Å². The highest BCUT2D eigenvalue weighted by Crippen LogP contribution is 2.26. The molecule has 0 aromatic carbocycles. The zero-order chi connectivity index (χ0) is 12.1. The van der Waals surface area contributed by atoms with Gasteiger partial charge in [0.05, 0.1) is 0 Å². The molecule has 0 saturated heterocycles. The Labute approximate surface area is 110 Å². The molecule has 0 spiro atoms. The molecular formula is C12H20BrNOS. The van der Waals surface area contributed by atoms with Gasteiger partial charge in [-0.05, 0) is 41.3 Å². The standard InChI is InChI=1S/C12H20BrNOS/c1-8(2)12(4-5-15)14-7-10-6-11(13)9(3)16-10/h6,8,12,14-15H,4-5,7H2,1-3H3. The van der Waals surface area contributed by atoms with E-state index in [-0.39, 0.29) is 6.61 Å². The summed E-state index contributed by atoms with van der Waals surface area (Å²) in [6.07, 6.45) is 0.823. The van der Waals surface area contributed by atoms with Gasteiger partial charge in [0.2, 0.25) is 0 Å². The van der Waals surface area contributed by atoms with Gasteiger partial charge in [-0.2, -0.15) is 0 Å². The zero-order valence-corrected chi connectivity index (χ0v) is 12.5. The van der Waals surface area contributed by atoms with Crippen LogP contribution in [0.3, 0.4) is 0 Å². The van der Waals surface area contributed by atoms with Crippen molar-refractivity contribution in [3.63, 3.8) is 0 Å². The predicted octanol–water partition coefficient (Wildman–Crippen LogP) is 3.32. The van der Waals surface area contributed by atoms with Gasteiger partial charge in [0.15, 0.2) is 0 Å². The van der Waals surface area contributed by atoms with Crippen LogP contribution >= 0.6 is 27.3 Å². The maximum absolute atomic E-state index is 8.99. The summed E-state index contributed by atoms with van der Waals surface area (Å²) in [6.45, 7) is 7.63. The minimum Gasteiger partial charge on any atom is -0.396 e. The molecule has 0 aliphatic heterocycles. The van der Waals surface area contributed by atoms with E-state index in [1.165, 1.54) is 14.2 Å². The summed E-state index contributed by atoms with van der Waals surface area (Å²) in [5, 5.41) is 12.5. The Morgan fingerprint density at radius 3 is 2.62 bits per heavy atom. The number of aliphatic hydroxyl groups excluding tert-OH is 1. The predicted molar refractivity (Wildman–Crippen MR) is 73.9 cm³/mol. The first-order chi connectivity index (χ1) is 7.54. The summed E-state index contributed by atoms with van der Waals surface area (Å²) in [5.41, 5.74) is 0. The van der Waals surface area contributed by atoms with Crippen LogP contribution in [0, 0.1) is 12.8 Å². The van der Waals surface area contributed by atoms with Crippen LogP contribution in [-0.4, -0.2) is 17.8 Å². The van der Waals surface area contributed by atoms with Crippen LogP contribution in [0.5, 0.6) is 0 Å². The highest BCUT2D eigenvalue weighted by molar-refractivity contribution is 9.10. The molecule has 0 radical (unpaired) electrons. The van der Waals surface area contributed by atoms with Crippen LogP contribution in [0.15, 0.2) is 10.5 Å². The number of hydrogen-bond acceptors (Lipinski definition) is 3. The molecule has 1 atom stereocenters. The zero-order valence-electron chi connectivity index (χ0n) is 10.1. The van der Waals surface area contributed by atoms with E-state index < -0.39 is 0 Å². The second-order valence-corrected chi connectivity index (χ2v) is 6.56. The van der Waals surface area contributed by atoms with Crippen LogP contribution in [0.2, 0.25) is 0 Å². The Hall–Kier alpha value is 0.100. The molecule has 0 fully saturated rings. The Kier molecular flexibility index (Phi) is 5.97. The fourth-order valence-electron chi connectivity index (χ4n) is 1.65. The van der Waals surface area contributed by atoms with Crippen LogP contribution in [0.1, 0.15) is 30.0 Å². The molecule has 1 heterocycles. The van der Waals surface area contributed by atoms with Crippen molar-refractivity contribution in [2.75, 3.05) is 6.61 Å². The van der Waals surface area contributed by atoms with Gasteiger partial charge in [-0.1, -0.05) is 13.8 Å². The minimum absolute atomic E-state index is 0.253. The lowest BCUT2D eigenvalue weighted by atomic mass is 10.0. The smallest absolute Gasteiger partial charge is 0.0445 e. The fourth-order valence-corrected chi connectivity index (χ4v) is 3.20. The van der Waals surface area contributed by atoms with Gasteiger partial charge in [0.25, 0.3) is 0 Å². The second-order valence-electron chi connectivity index (χ2n) is 4.36. The van der Waals surface area contributed by atoms with E-state index in [2.05, 4.69) is 48.1 Å². The lowest BCUT2D eigenvalue weighted by Crippen LogP contribution is -2.33. The van der Waals surface area contributed by atoms with Gasteiger partial charge in [-0.15, -0.1) is 11.3 Å². The van der Waals surface area contributed by atoms with Gasteiger partial charge in [-0.3, -0.25) is 0 Å². The molecule has 0 saturated carbocycles. The molecular weight excluding hydrogens is 286 g/mol. The van der Waals surface area contributed by atoms with Crippen LogP contribution < -0.4 is 5.32 Å². The monoisotopic (exact) mass is 305 g/mol. The average molecular weight is 306 g/mol. The molecule has 1 unspecified atom stereocenters. The Morgan fingerprint density at radius 2 is 2.19 bits per heavy atom. The van der Waals surface area contributed by atoms with Crippen molar-refractivity contribution in [3.05, 3.63) is 20.3 Å². The van der Waals surface area contributed by atoms with Crippen molar-refractivity contribution >= 4 is 27.3 Å². The van der Waals surface area contributed by atoms with Crippen LogP contribution in [-0.2, 0) is 6.54 Å². The Bertz CT molecular complexity index is 305. The van der Waals surface area contributed by atoms with E-state index in [1.807, 2.05) is 11.3 Å².